The smallest absolute Gasteiger partial charge is 0.191 e. The Morgan fingerprint density at radius 2 is 1.58 bits per heavy atom. The van der Waals surface area contributed by atoms with Crippen LogP contribution in [-0.4, -0.2) is 33.8 Å². The number of ketones is 1. The first-order valence-corrected chi connectivity index (χ1v) is 9.94. The Morgan fingerprint density at radius 1 is 1.11 bits per heavy atom. The van der Waals surface area contributed by atoms with Crippen molar-refractivity contribution in [3.05, 3.63) is 0 Å². The second-order valence-electron chi connectivity index (χ2n) is 7.29. The molecule has 4 nitrogen and oxygen atoms in total. The Hall–Kier alpha value is -0.233. The third-order valence-corrected chi connectivity index (χ3v) is 8.80. The molecule has 0 aromatic rings. The lowest BCUT2D eigenvalue weighted by atomic mass is 9.84. The first kappa shape index (κ1) is 18.8. The standard InChI is InChI=1S/C14H32N2O2Si/c1-13(2,3)19(5,6)18-8-7-12(17)9-14(4,10-15)11-16/h7-11,15-16H2,1-6H3. The van der Waals surface area contributed by atoms with Gasteiger partial charge in [-0.05, 0) is 36.6 Å². The van der Waals surface area contributed by atoms with Gasteiger partial charge >= 0.3 is 0 Å². The monoisotopic (exact) mass is 288 g/mol. The van der Waals surface area contributed by atoms with E-state index < -0.39 is 8.32 Å². The van der Waals surface area contributed by atoms with Crippen molar-refractivity contribution in [1.82, 2.24) is 0 Å². The summed E-state index contributed by atoms with van der Waals surface area (Å²) in [5, 5.41) is 0.180. The molecule has 4 N–H and O–H groups in total. The second-order valence-corrected chi connectivity index (χ2v) is 12.1. The molecule has 0 heterocycles. The number of nitrogens with two attached hydrogens (primary N) is 2. The summed E-state index contributed by atoms with van der Waals surface area (Å²) in [7, 11) is -1.75. The van der Waals surface area contributed by atoms with E-state index in [4.69, 9.17) is 15.9 Å². The van der Waals surface area contributed by atoms with Crippen LogP contribution in [0.3, 0.4) is 0 Å². The topological polar surface area (TPSA) is 78.3 Å². The van der Waals surface area contributed by atoms with E-state index in [9.17, 15) is 4.79 Å². The fraction of sp³-hybridized carbons (Fsp3) is 0.929. The minimum Gasteiger partial charge on any atom is -0.416 e. The van der Waals surface area contributed by atoms with E-state index in [0.717, 1.165) is 0 Å². The molecule has 0 atom stereocenters. The summed E-state index contributed by atoms with van der Waals surface area (Å²) in [6.45, 7) is 14.3. The summed E-state index contributed by atoms with van der Waals surface area (Å²) >= 11 is 0. The summed E-state index contributed by atoms with van der Waals surface area (Å²) in [6.07, 6.45) is 0.906. The molecule has 0 radical (unpaired) electrons. The number of Topliss-reactive ketones (excluding diaryl/α,β-unsaturated/α-hetero) is 1. The Kier molecular flexibility index (Phi) is 6.89. The predicted octanol–water partition coefficient (Wildman–Crippen LogP) is 2.28. The van der Waals surface area contributed by atoms with Crippen LogP contribution in [0.15, 0.2) is 0 Å². The molecule has 0 bridgehead atoms. The van der Waals surface area contributed by atoms with E-state index in [1.165, 1.54) is 0 Å². The zero-order valence-corrected chi connectivity index (χ0v) is 14.5. The molecule has 0 amide bonds. The highest BCUT2D eigenvalue weighted by molar-refractivity contribution is 6.74. The molecular weight excluding hydrogens is 256 g/mol. The van der Waals surface area contributed by atoms with Crippen LogP contribution in [0.25, 0.3) is 0 Å². The molecule has 0 rings (SSSR count). The molecule has 5 heteroatoms. The highest BCUT2D eigenvalue weighted by atomic mass is 28.4. The van der Waals surface area contributed by atoms with Gasteiger partial charge in [-0.1, -0.05) is 27.7 Å². The molecule has 0 saturated carbocycles. The average molecular weight is 289 g/mol. The lowest BCUT2D eigenvalue weighted by Gasteiger charge is -2.36. The number of hydrogen-bond donors (Lipinski definition) is 2. The highest BCUT2D eigenvalue weighted by Crippen LogP contribution is 2.36. The number of rotatable bonds is 8. The van der Waals surface area contributed by atoms with Crippen LogP contribution in [0, 0.1) is 5.41 Å². The van der Waals surface area contributed by atoms with Crippen LogP contribution in [-0.2, 0) is 9.22 Å². The summed E-state index contributed by atoms with van der Waals surface area (Å²) in [4.78, 5) is 11.9. The Morgan fingerprint density at radius 3 is 1.95 bits per heavy atom. The molecule has 0 aliphatic rings. The van der Waals surface area contributed by atoms with Gasteiger partial charge in [0.2, 0.25) is 0 Å². The molecule has 0 spiro atoms. The van der Waals surface area contributed by atoms with E-state index in [-0.39, 0.29) is 16.2 Å². The van der Waals surface area contributed by atoms with Gasteiger partial charge in [-0.25, -0.2) is 0 Å². The lowest BCUT2D eigenvalue weighted by Crippen LogP contribution is -2.41. The van der Waals surface area contributed by atoms with Crippen LogP contribution in [0.4, 0.5) is 0 Å². The van der Waals surface area contributed by atoms with Crippen LogP contribution in [0.1, 0.15) is 40.5 Å². The van der Waals surface area contributed by atoms with Gasteiger partial charge in [0.05, 0.1) is 0 Å². The first-order chi connectivity index (χ1) is 8.47. The zero-order valence-electron chi connectivity index (χ0n) is 13.5. The number of hydrogen-bond acceptors (Lipinski definition) is 4. The van der Waals surface area contributed by atoms with Gasteiger partial charge in [-0.3, -0.25) is 4.79 Å². The number of carbonyl (C=O) groups excluding carboxylic acids is 1. The molecular formula is C14H32N2O2Si. The van der Waals surface area contributed by atoms with Crippen molar-refractivity contribution in [2.45, 2.75) is 58.7 Å². The molecule has 0 aliphatic carbocycles. The van der Waals surface area contributed by atoms with E-state index >= 15 is 0 Å². The first-order valence-electron chi connectivity index (χ1n) is 7.03. The van der Waals surface area contributed by atoms with Crippen LogP contribution in [0.5, 0.6) is 0 Å². The molecule has 19 heavy (non-hydrogen) atoms. The molecule has 0 saturated heterocycles. The summed E-state index contributed by atoms with van der Waals surface area (Å²) in [5.74, 6) is 0.192. The van der Waals surface area contributed by atoms with Gasteiger partial charge in [0.15, 0.2) is 8.32 Å². The second kappa shape index (κ2) is 6.97. The maximum absolute atomic E-state index is 11.9. The third kappa shape index (κ3) is 6.16. The predicted molar refractivity (Wildman–Crippen MR) is 83.6 cm³/mol. The average Bonchev–Trinajstić information content (AvgIpc) is 2.27. The normalized spacial score (nSPS) is 13.7. The van der Waals surface area contributed by atoms with Crippen molar-refractivity contribution in [1.29, 1.82) is 0 Å². The molecule has 114 valence electrons. The maximum Gasteiger partial charge on any atom is 0.191 e. The van der Waals surface area contributed by atoms with Crippen LogP contribution < -0.4 is 11.5 Å². The molecule has 0 aliphatic heterocycles. The zero-order chi connectivity index (χ0) is 15.3. The van der Waals surface area contributed by atoms with Crippen LogP contribution >= 0.6 is 0 Å². The van der Waals surface area contributed by atoms with E-state index in [1.54, 1.807) is 0 Å². The molecule has 0 fully saturated rings. The quantitative estimate of drug-likeness (QED) is 0.672. The Labute approximate surface area is 119 Å². The summed E-state index contributed by atoms with van der Waals surface area (Å²) < 4.78 is 6.00. The van der Waals surface area contributed by atoms with Crippen molar-refractivity contribution in [3.63, 3.8) is 0 Å². The minimum absolute atomic E-state index is 0.180. The minimum atomic E-state index is -1.75. The van der Waals surface area contributed by atoms with Gasteiger partial charge in [0.1, 0.15) is 5.78 Å². The van der Waals surface area contributed by atoms with E-state index in [2.05, 4.69) is 33.9 Å². The lowest BCUT2D eigenvalue weighted by molar-refractivity contribution is -0.121. The Balaban J connectivity index is 4.20. The fourth-order valence-electron chi connectivity index (χ4n) is 1.43. The summed E-state index contributed by atoms with van der Waals surface area (Å²) in [5.41, 5.74) is 11.1. The van der Waals surface area contributed by atoms with Crippen LogP contribution in [0.2, 0.25) is 18.1 Å². The largest absolute Gasteiger partial charge is 0.416 e. The van der Waals surface area contributed by atoms with Gasteiger partial charge in [-0.15, -0.1) is 0 Å². The third-order valence-electron chi connectivity index (χ3n) is 4.26. The summed E-state index contributed by atoms with van der Waals surface area (Å²) in [6, 6.07) is 0. The van der Waals surface area contributed by atoms with Crippen molar-refractivity contribution < 1.29 is 9.22 Å². The van der Waals surface area contributed by atoms with E-state index in [1.807, 2.05) is 6.92 Å². The van der Waals surface area contributed by atoms with Gasteiger partial charge < -0.3 is 15.9 Å². The van der Waals surface area contributed by atoms with Gasteiger partial charge in [-0.2, -0.15) is 0 Å². The highest BCUT2D eigenvalue weighted by Gasteiger charge is 2.37. The van der Waals surface area contributed by atoms with Crippen molar-refractivity contribution in [2.24, 2.45) is 16.9 Å². The van der Waals surface area contributed by atoms with Crippen molar-refractivity contribution in [3.8, 4) is 0 Å². The van der Waals surface area contributed by atoms with E-state index in [0.29, 0.717) is 32.5 Å². The Bertz CT molecular complexity index is 294. The molecule has 0 aromatic carbocycles. The fourth-order valence-corrected chi connectivity index (χ4v) is 2.47. The maximum atomic E-state index is 11.9. The van der Waals surface area contributed by atoms with Crippen molar-refractivity contribution >= 4 is 14.1 Å². The van der Waals surface area contributed by atoms with Crippen molar-refractivity contribution in [2.75, 3.05) is 19.7 Å². The molecule has 0 aromatic heterocycles. The molecule has 0 unspecified atom stereocenters. The SMILES string of the molecule is CC(CN)(CN)CC(=O)CCO[Si](C)(C)C(C)(C)C. The number of carbonyl (C=O) groups is 1. The van der Waals surface area contributed by atoms with Gasteiger partial charge in [0.25, 0.3) is 0 Å². The van der Waals surface area contributed by atoms with Gasteiger partial charge in [0, 0.05) is 19.4 Å².